The summed E-state index contributed by atoms with van der Waals surface area (Å²) in [5.41, 5.74) is -0.594. The molecule has 2 saturated heterocycles. The minimum atomic E-state index is -0.594. The molecule has 0 aromatic heterocycles. The number of carbonyl (C=O) groups excluding carboxylic acids is 2. The Balaban J connectivity index is 1.79. The highest BCUT2D eigenvalue weighted by Crippen LogP contribution is 2.35. The molecule has 0 aromatic carbocycles. The van der Waals surface area contributed by atoms with E-state index in [1.54, 1.807) is 4.90 Å². The van der Waals surface area contributed by atoms with Crippen molar-refractivity contribution in [3.63, 3.8) is 0 Å². The second kappa shape index (κ2) is 4.78. The van der Waals surface area contributed by atoms with Crippen molar-refractivity contribution in [2.24, 2.45) is 5.92 Å². The number of amides is 2. The largest absolute Gasteiger partial charge is 0.381 e. The molecule has 0 bridgehead atoms. The average Bonchev–Trinajstić information content (AvgIpc) is 3.04. The molecule has 1 spiro atoms. The van der Waals surface area contributed by atoms with E-state index in [4.69, 9.17) is 4.74 Å². The van der Waals surface area contributed by atoms with E-state index in [1.807, 2.05) is 0 Å². The van der Waals surface area contributed by atoms with Crippen molar-refractivity contribution in [2.45, 2.75) is 50.6 Å². The molecule has 0 aromatic rings. The van der Waals surface area contributed by atoms with E-state index in [9.17, 15) is 9.59 Å². The fourth-order valence-electron chi connectivity index (χ4n) is 3.70. The molecular formula is C14H22N2O3. The molecule has 5 heteroatoms. The topological polar surface area (TPSA) is 58.6 Å². The lowest BCUT2D eigenvalue weighted by Crippen LogP contribution is -2.67. The van der Waals surface area contributed by atoms with Crippen LogP contribution in [0, 0.1) is 5.92 Å². The highest BCUT2D eigenvalue weighted by molar-refractivity contribution is 5.98. The van der Waals surface area contributed by atoms with Gasteiger partial charge in [-0.3, -0.25) is 9.59 Å². The summed E-state index contributed by atoms with van der Waals surface area (Å²) in [6.45, 7) is 3.74. The zero-order valence-corrected chi connectivity index (χ0v) is 11.5. The number of hydrogen-bond donors (Lipinski definition) is 1. The van der Waals surface area contributed by atoms with E-state index in [1.165, 1.54) is 0 Å². The van der Waals surface area contributed by atoms with Crippen LogP contribution in [0.5, 0.6) is 0 Å². The van der Waals surface area contributed by atoms with E-state index in [2.05, 4.69) is 12.2 Å². The van der Waals surface area contributed by atoms with Crippen LogP contribution in [0.25, 0.3) is 0 Å². The monoisotopic (exact) mass is 266 g/mol. The molecule has 3 rings (SSSR count). The Morgan fingerprint density at radius 3 is 2.74 bits per heavy atom. The molecule has 3 fully saturated rings. The van der Waals surface area contributed by atoms with Gasteiger partial charge in [-0.1, -0.05) is 12.8 Å². The first-order valence-corrected chi connectivity index (χ1v) is 7.32. The van der Waals surface area contributed by atoms with E-state index >= 15 is 0 Å². The van der Waals surface area contributed by atoms with Crippen LogP contribution in [0.2, 0.25) is 0 Å². The first-order chi connectivity index (χ1) is 9.12. The Kier molecular flexibility index (Phi) is 3.25. The first-order valence-electron chi connectivity index (χ1n) is 7.32. The lowest BCUT2D eigenvalue weighted by atomic mass is 9.90. The number of ether oxygens (including phenoxy) is 1. The van der Waals surface area contributed by atoms with Gasteiger partial charge in [-0.05, 0) is 26.2 Å². The Morgan fingerprint density at radius 1 is 1.37 bits per heavy atom. The molecule has 0 radical (unpaired) electrons. The van der Waals surface area contributed by atoms with Gasteiger partial charge in [0.1, 0.15) is 5.54 Å². The molecule has 2 amide bonds. The van der Waals surface area contributed by atoms with Gasteiger partial charge in [-0.2, -0.15) is 0 Å². The van der Waals surface area contributed by atoms with Gasteiger partial charge in [-0.15, -0.1) is 0 Å². The molecule has 2 aliphatic heterocycles. The van der Waals surface area contributed by atoms with Crippen LogP contribution in [-0.4, -0.2) is 48.1 Å². The quantitative estimate of drug-likeness (QED) is 0.799. The smallest absolute Gasteiger partial charge is 0.249 e. The third kappa shape index (κ3) is 2.14. The Hall–Kier alpha value is -1.10. The molecule has 19 heavy (non-hydrogen) atoms. The maximum absolute atomic E-state index is 12.8. The Bertz CT molecular complexity index is 384. The fourth-order valence-corrected chi connectivity index (χ4v) is 3.70. The van der Waals surface area contributed by atoms with Crippen LogP contribution in [-0.2, 0) is 14.3 Å². The summed E-state index contributed by atoms with van der Waals surface area (Å²) in [5, 5.41) is 2.96. The predicted octanol–water partition coefficient (Wildman–Crippen LogP) is 0.683. The summed E-state index contributed by atoms with van der Waals surface area (Å²) in [6, 6.07) is 0.0959. The molecule has 2 atom stereocenters. The van der Waals surface area contributed by atoms with Gasteiger partial charge < -0.3 is 15.0 Å². The lowest BCUT2D eigenvalue weighted by Gasteiger charge is -2.43. The molecule has 2 unspecified atom stereocenters. The standard InChI is InChI=1S/C14H22N2O3/c1-10(11-4-7-19-9-11)16-8-12(17)15-14(13(16)18)5-2-3-6-14/h10-11H,2-9H2,1H3,(H,15,17). The van der Waals surface area contributed by atoms with E-state index in [-0.39, 0.29) is 24.4 Å². The van der Waals surface area contributed by atoms with Crippen LogP contribution in [0.15, 0.2) is 0 Å². The van der Waals surface area contributed by atoms with E-state index in [0.29, 0.717) is 12.5 Å². The summed E-state index contributed by atoms with van der Waals surface area (Å²) < 4.78 is 5.41. The number of rotatable bonds is 2. The van der Waals surface area contributed by atoms with Gasteiger partial charge in [0.15, 0.2) is 0 Å². The maximum atomic E-state index is 12.8. The maximum Gasteiger partial charge on any atom is 0.249 e. The zero-order chi connectivity index (χ0) is 13.5. The fraction of sp³-hybridized carbons (Fsp3) is 0.857. The number of piperazine rings is 1. The SMILES string of the molecule is CC(C1CCOC1)N1CC(=O)NC2(CCCC2)C1=O. The van der Waals surface area contributed by atoms with Gasteiger partial charge in [-0.25, -0.2) is 0 Å². The second-order valence-corrected chi connectivity index (χ2v) is 6.13. The number of nitrogens with zero attached hydrogens (tertiary/aromatic N) is 1. The summed E-state index contributed by atoms with van der Waals surface area (Å²) in [4.78, 5) is 26.5. The van der Waals surface area contributed by atoms with Crippen LogP contribution in [0.4, 0.5) is 0 Å². The van der Waals surface area contributed by atoms with Crippen molar-refractivity contribution in [2.75, 3.05) is 19.8 Å². The molecule has 3 aliphatic rings. The summed E-state index contributed by atoms with van der Waals surface area (Å²) in [7, 11) is 0. The van der Waals surface area contributed by atoms with Gasteiger partial charge in [0, 0.05) is 18.6 Å². The molecule has 1 N–H and O–H groups in total. The second-order valence-electron chi connectivity index (χ2n) is 6.13. The normalized spacial score (nSPS) is 31.8. The van der Waals surface area contributed by atoms with Crippen molar-refractivity contribution in [1.29, 1.82) is 0 Å². The van der Waals surface area contributed by atoms with Gasteiger partial charge in [0.2, 0.25) is 11.8 Å². The number of hydrogen-bond acceptors (Lipinski definition) is 3. The molecule has 5 nitrogen and oxygen atoms in total. The summed E-state index contributed by atoms with van der Waals surface area (Å²) in [5.74, 6) is 0.490. The van der Waals surface area contributed by atoms with Crippen LogP contribution in [0.1, 0.15) is 39.0 Å². The average molecular weight is 266 g/mol. The summed E-state index contributed by atoms with van der Waals surface area (Å²) >= 11 is 0. The van der Waals surface area contributed by atoms with E-state index in [0.717, 1.165) is 38.7 Å². The van der Waals surface area contributed by atoms with Gasteiger partial charge >= 0.3 is 0 Å². The van der Waals surface area contributed by atoms with Crippen LogP contribution < -0.4 is 5.32 Å². The molecule has 2 heterocycles. The van der Waals surface area contributed by atoms with Crippen LogP contribution in [0.3, 0.4) is 0 Å². The molecular weight excluding hydrogens is 244 g/mol. The predicted molar refractivity (Wildman–Crippen MR) is 69.4 cm³/mol. The summed E-state index contributed by atoms with van der Waals surface area (Å²) in [6.07, 6.45) is 4.63. The van der Waals surface area contributed by atoms with Gasteiger partial charge in [0.05, 0.1) is 13.2 Å². The van der Waals surface area contributed by atoms with Crippen molar-refractivity contribution in [3.8, 4) is 0 Å². The van der Waals surface area contributed by atoms with Crippen LogP contribution >= 0.6 is 0 Å². The minimum absolute atomic E-state index is 0.00716. The third-order valence-corrected chi connectivity index (χ3v) is 4.96. The van der Waals surface area contributed by atoms with Crippen molar-refractivity contribution >= 4 is 11.8 Å². The zero-order valence-electron chi connectivity index (χ0n) is 11.5. The molecule has 1 saturated carbocycles. The van der Waals surface area contributed by atoms with Crippen molar-refractivity contribution < 1.29 is 14.3 Å². The number of nitrogens with one attached hydrogen (secondary N) is 1. The highest BCUT2D eigenvalue weighted by Gasteiger charge is 2.50. The van der Waals surface area contributed by atoms with E-state index < -0.39 is 5.54 Å². The Morgan fingerprint density at radius 2 is 2.11 bits per heavy atom. The Labute approximate surface area is 113 Å². The minimum Gasteiger partial charge on any atom is -0.381 e. The number of carbonyl (C=O) groups is 2. The van der Waals surface area contributed by atoms with Crippen molar-refractivity contribution in [1.82, 2.24) is 10.2 Å². The lowest BCUT2D eigenvalue weighted by molar-refractivity contribution is -0.153. The molecule has 1 aliphatic carbocycles. The van der Waals surface area contributed by atoms with Crippen molar-refractivity contribution in [3.05, 3.63) is 0 Å². The van der Waals surface area contributed by atoms with Gasteiger partial charge in [0.25, 0.3) is 0 Å². The molecule has 106 valence electrons. The highest BCUT2D eigenvalue weighted by atomic mass is 16.5. The third-order valence-electron chi connectivity index (χ3n) is 4.96. The first kappa shape index (κ1) is 12.9.